The Kier molecular flexibility index (Phi) is 5.08. The van der Waals surface area contributed by atoms with Gasteiger partial charge in [0.15, 0.2) is 0 Å². The predicted molar refractivity (Wildman–Crippen MR) is 98.2 cm³/mol. The van der Waals surface area contributed by atoms with Crippen LogP contribution >= 0.6 is 0 Å². The third kappa shape index (κ3) is 3.68. The van der Waals surface area contributed by atoms with Crippen molar-refractivity contribution in [1.29, 1.82) is 0 Å². The molecular weight excluding hydrogens is 330 g/mol. The summed E-state index contributed by atoms with van der Waals surface area (Å²) in [5.41, 5.74) is 1.74. The molecule has 3 heterocycles. The zero-order chi connectivity index (χ0) is 17.8. The summed E-state index contributed by atoms with van der Waals surface area (Å²) in [6, 6.07) is 10.4. The molecule has 1 aromatic carbocycles. The number of nitrogens with one attached hydrogen (secondary N) is 1. The molecule has 0 radical (unpaired) electrons. The molecule has 26 heavy (non-hydrogen) atoms. The van der Waals surface area contributed by atoms with E-state index in [4.69, 9.17) is 4.74 Å². The number of morpholine rings is 1. The fourth-order valence-corrected chi connectivity index (χ4v) is 3.38. The Morgan fingerprint density at radius 2 is 1.81 bits per heavy atom. The number of carbonyl (C=O) groups is 1. The van der Waals surface area contributed by atoms with E-state index < -0.39 is 0 Å². The molecular formula is C19H23N5O2. The van der Waals surface area contributed by atoms with E-state index in [0.717, 1.165) is 19.6 Å². The Balaban J connectivity index is 1.43. The average molecular weight is 353 g/mol. The Morgan fingerprint density at radius 1 is 1.08 bits per heavy atom. The van der Waals surface area contributed by atoms with Crippen LogP contribution in [0.2, 0.25) is 0 Å². The molecule has 1 atom stereocenters. The highest BCUT2D eigenvalue weighted by atomic mass is 16.5. The van der Waals surface area contributed by atoms with Crippen LogP contribution in [0, 0.1) is 0 Å². The molecule has 2 aliphatic rings. The number of anilines is 1. The third-order valence-corrected chi connectivity index (χ3v) is 4.84. The van der Waals surface area contributed by atoms with Gasteiger partial charge < -0.3 is 19.9 Å². The molecule has 2 saturated heterocycles. The molecule has 0 bridgehead atoms. The van der Waals surface area contributed by atoms with Crippen molar-refractivity contribution < 1.29 is 9.53 Å². The fraction of sp³-hybridized carbons (Fsp3) is 0.421. The molecule has 136 valence electrons. The van der Waals surface area contributed by atoms with Gasteiger partial charge in [-0.15, -0.1) is 0 Å². The summed E-state index contributed by atoms with van der Waals surface area (Å²) in [5, 5.41) is 3.48. The molecule has 1 aromatic heterocycles. The van der Waals surface area contributed by atoms with Crippen LogP contribution in [0.1, 0.15) is 22.0 Å². The Labute approximate surface area is 153 Å². The lowest BCUT2D eigenvalue weighted by Crippen LogP contribution is -2.48. The minimum absolute atomic E-state index is 0.0130. The zero-order valence-corrected chi connectivity index (χ0v) is 14.7. The van der Waals surface area contributed by atoms with E-state index >= 15 is 0 Å². The van der Waals surface area contributed by atoms with Crippen LogP contribution in [0.3, 0.4) is 0 Å². The minimum atomic E-state index is -0.0130. The van der Waals surface area contributed by atoms with Gasteiger partial charge in [-0.1, -0.05) is 30.3 Å². The van der Waals surface area contributed by atoms with Gasteiger partial charge >= 0.3 is 0 Å². The minimum Gasteiger partial charge on any atom is -0.378 e. The zero-order valence-electron chi connectivity index (χ0n) is 14.7. The van der Waals surface area contributed by atoms with Crippen LogP contribution in [0.4, 0.5) is 5.95 Å². The van der Waals surface area contributed by atoms with Crippen LogP contribution in [0.25, 0.3) is 0 Å². The lowest BCUT2D eigenvalue weighted by Gasteiger charge is -2.34. The molecule has 2 aromatic rings. The van der Waals surface area contributed by atoms with Crippen molar-refractivity contribution in [2.75, 3.05) is 50.8 Å². The van der Waals surface area contributed by atoms with E-state index in [-0.39, 0.29) is 11.9 Å². The summed E-state index contributed by atoms with van der Waals surface area (Å²) >= 11 is 0. The number of benzene rings is 1. The summed E-state index contributed by atoms with van der Waals surface area (Å²) in [6.07, 6.45) is 3.28. The largest absolute Gasteiger partial charge is 0.378 e. The summed E-state index contributed by atoms with van der Waals surface area (Å²) in [4.78, 5) is 25.6. The number of hydrogen-bond donors (Lipinski definition) is 1. The van der Waals surface area contributed by atoms with Crippen molar-refractivity contribution >= 4 is 11.9 Å². The standard InChI is InChI=1S/C19H23N5O2/c25-18(16-12-21-19(22-13-16)23-8-10-26-11-9-23)24-7-6-20-17(14-24)15-4-2-1-3-5-15/h1-5,12-13,17,20H,6-11,14H2/t17-/m1/s1. The number of aromatic nitrogens is 2. The van der Waals surface area contributed by atoms with E-state index in [1.54, 1.807) is 12.4 Å². The molecule has 2 fully saturated rings. The van der Waals surface area contributed by atoms with Crippen molar-refractivity contribution in [3.05, 3.63) is 53.9 Å². The van der Waals surface area contributed by atoms with Crippen molar-refractivity contribution in [3.8, 4) is 0 Å². The van der Waals surface area contributed by atoms with Gasteiger partial charge in [-0.25, -0.2) is 9.97 Å². The monoisotopic (exact) mass is 353 g/mol. The van der Waals surface area contributed by atoms with Crippen molar-refractivity contribution in [2.45, 2.75) is 6.04 Å². The van der Waals surface area contributed by atoms with Gasteiger partial charge in [-0.05, 0) is 5.56 Å². The number of hydrogen-bond acceptors (Lipinski definition) is 6. The lowest BCUT2D eigenvalue weighted by molar-refractivity contribution is 0.0702. The highest BCUT2D eigenvalue weighted by molar-refractivity contribution is 5.93. The first kappa shape index (κ1) is 16.9. The number of piperazine rings is 1. The Bertz CT molecular complexity index is 731. The second-order valence-corrected chi connectivity index (χ2v) is 6.54. The second kappa shape index (κ2) is 7.80. The number of carbonyl (C=O) groups excluding carboxylic acids is 1. The van der Waals surface area contributed by atoms with Crippen LogP contribution in [0.15, 0.2) is 42.7 Å². The molecule has 1 amide bonds. The molecule has 2 aliphatic heterocycles. The quantitative estimate of drug-likeness (QED) is 0.891. The summed E-state index contributed by atoms with van der Waals surface area (Å²) < 4.78 is 5.35. The molecule has 0 saturated carbocycles. The number of rotatable bonds is 3. The number of nitrogens with zero attached hydrogens (tertiary/aromatic N) is 4. The lowest BCUT2D eigenvalue weighted by atomic mass is 10.0. The second-order valence-electron chi connectivity index (χ2n) is 6.54. The maximum Gasteiger partial charge on any atom is 0.257 e. The maximum absolute atomic E-state index is 12.8. The van der Waals surface area contributed by atoms with E-state index in [2.05, 4.69) is 32.3 Å². The van der Waals surface area contributed by atoms with Crippen molar-refractivity contribution in [2.24, 2.45) is 0 Å². The molecule has 0 aliphatic carbocycles. The highest BCUT2D eigenvalue weighted by Gasteiger charge is 2.25. The fourth-order valence-electron chi connectivity index (χ4n) is 3.38. The van der Waals surface area contributed by atoms with Crippen LogP contribution in [-0.4, -0.2) is 66.7 Å². The van der Waals surface area contributed by atoms with Crippen molar-refractivity contribution in [3.63, 3.8) is 0 Å². The first-order valence-electron chi connectivity index (χ1n) is 9.03. The average Bonchev–Trinajstić information content (AvgIpc) is 2.75. The predicted octanol–water partition coefficient (Wildman–Crippen LogP) is 1.10. The third-order valence-electron chi connectivity index (χ3n) is 4.84. The molecule has 7 heteroatoms. The molecule has 4 rings (SSSR count). The van der Waals surface area contributed by atoms with Gasteiger partial charge in [-0.2, -0.15) is 0 Å². The number of amides is 1. The van der Waals surface area contributed by atoms with Crippen LogP contribution in [0.5, 0.6) is 0 Å². The first-order valence-corrected chi connectivity index (χ1v) is 9.03. The maximum atomic E-state index is 12.8. The van der Waals surface area contributed by atoms with E-state index in [0.29, 0.717) is 37.8 Å². The summed E-state index contributed by atoms with van der Waals surface area (Å²) in [7, 11) is 0. The SMILES string of the molecule is O=C(c1cnc(N2CCOCC2)nc1)N1CCN[C@@H](c2ccccc2)C1. The van der Waals surface area contributed by atoms with E-state index in [9.17, 15) is 4.79 Å². The van der Waals surface area contributed by atoms with Crippen molar-refractivity contribution in [1.82, 2.24) is 20.2 Å². The normalized spacial score (nSPS) is 20.8. The Morgan fingerprint density at radius 3 is 2.54 bits per heavy atom. The van der Waals surface area contributed by atoms with Crippen LogP contribution < -0.4 is 10.2 Å². The van der Waals surface area contributed by atoms with Gasteiger partial charge in [0.05, 0.1) is 18.8 Å². The van der Waals surface area contributed by atoms with Gasteiger partial charge in [0.1, 0.15) is 0 Å². The van der Waals surface area contributed by atoms with Gasteiger partial charge in [0.2, 0.25) is 5.95 Å². The van der Waals surface area contributed by atoms with Gasteiger partial charge in [0, 0.05) is 51.2 Å². The topological polar surface area (TPSA) is 70.6 Å². The molecule has 7 nitrogen and oxygen atoms in total. The molecule has 0 unspecified atom stereocenters. The smallest absolute Gasteiger partial charge is 0.257 e. The summed E-state index contributed by atoms with van der Waals surface area (Å²) in [5.74, 6) is 0.647. The van der Waals surface area contributed by atoms with Gasteiger partial charge in [-0.3, -0.25) is 4.79 Å². The summed E-state index contributed by atoms with van der Waals surface area (Å²) in [6.45, 7) is 5.05. The van der Waals surface area contributed by atoms with E-state index in [1.807, 2.05) is 23.1 Å². The molecule has 1 N–H and O–H groups in total. The first-order chi connectivity index (χ1) is 12.8. The Hall–Kier alpha value is -2.51. The highest BCUT2D eigenvalue weighted by Crippen LogP contribution is 2.19. The van der Waals surface area contributed by atoms with E-state index in [1.165, 1.54) is 5.56 Å². The molecule has 0 spiro atoms. The van der Waals surface area contributed by atoms with Crippen LogP contribution in [-0.2, 0) is 4.74 Å². The van der Waals surface area contributed by atoms with Gasteiger partial charge in [0.25, 0.3) is 5.91 Å². The number of ether oxygens (including phenoxy) is 1.